The molecular weight excluding hydrogens is 821 g/mol. The minimum atomic E-state index is -4.29. The van der Waals surface area contributed by atoms with Crippen molar-refractivity contribution in [2.24, 2.45) is 11.8 Å². The molecular formula is C44H52N6O9S2. The highest BCUT2D eigenvalue weighted by molar-refractivity contribution is 7.90. The minimum absolute atomic E-state index is 0.00551. The van der Waals surface area contributed by atoms with Gasteiger partial charge < -0.3 is 29.7 Å². The van der Waals surface area contributed by atoms with E-state index in [0.717, 1.165) is 36.4 Å². The third-order valence-corrected chi connectivity index (χ3v) is 13.6. The number of methoxy groups -OCH3 is 1. The van der Waals surface area contributed by atoms with E-state index in [9.17, 15) is 27.6 Å². The maximum Gasteiger partial charge on any atom is 0.408 e. The molecule has 0 spiro atoms. The van der Waals surface area contributed by atoms with Crippen molar-refractivity contribution in [2.45, 2.75) is 107 Å². The summed E-state index contributed by atoms with van der Waals surface area (Å²) in [6.07, 6.45) is 4.07. The molecule has 2 aliphatic carbocycles. The number of fused-ring (bicyclic) bond motifs is 2. The van der Waals surface area contributed by atoms with E-state index in [2.05, 4.69) is 21.9 Å². The SMILES string of the molecule is C=C[C@@H]1C[C@]1(NC(=O)[C@@H]1C[C@@H](Oc2cc(-c3nc4c(s3)CCCC4)nc3cc(OC)ccc23)CN1C(=O)[C@@H](NC(=O)OC(C)(C)C)C(C)C)C(=O)NS(=O)(=O)c1ccccc1. The molecule has 0 unspecified atom stereocenters. The van der Waals surface area contributed by atoms with Gasteiger partial charge in [0.15, 0.2) is 0 Å². The number of sulfonamides is 1. The maximum absolute atomic E-state index is 14.6. The van der Waals surface area contributed by atoms with Crippen LogP contribution in [-0.4, -0.2) is 90.1 Å². The Bertz CT molecular complexity index is 2440. The number of aromatic nitrogens is 2. The van der Waals surface area contributed by atoms with Gasteiger partial charge in [0.1, 0.15) is 51.5 Å². The number of benzene rings is 2. The van der Waals surface area contributed by atoms with Gasteiger partial charge in [-0.05, 0) is 83.1 Å². The lowest BCUT2D eigenvalue weighted by molar-refractivity contribution is -0.141. The Balaban J connectivity index is 1.21. The number of ether oxygens (including phenoxy) is 3. The molecule has 1 saturated heterocycles. The van der Waals surface area contributed by atoms with Gasteiger partial charge in [-0.1, -0.05) is 38.1 Å². The number of amides is 4. The monoisotopic (exact) mass is 872 g/mol. The number of nitrogens with zero attached hydrogens (tertiary/aromatic N) is 3. The van der Waals surface area contributed by atoms with Gasteiger partial charge in [0.25, 0.3) is 15.9 Å². The topological polar surface area (TPSA) is 195 Å². The highest BCUT2D eigenvalue weighted by Crippen LogP contribution is 2.45. The van der Waals surface area contributed by atoms with Crippen LogP contribution in [0.4, 0.5) is 4.79 Å². The predicted molar refractivity (Wildman–Crippen MR) is 230 cm³/mol. The first-order valence-electron chi connectivity index (χ1n) is 20.4. The van der Waals surface area contributed by atoms with Gasteiger partial charge in [-0.15, -0.1) is 17.9 Å². The summed E-state index contributed by atoms with van der Waals surface area (Å²) in [5.74, 6) is -2.16. The Morgan fingerprint density at radius 2 is 1.77 bits per heavy atom. The zero-order valence-electron chi connectivity index (χ0n) is 35.1. The van der Waals surface area contributed by atoms with Crippen molar-refractivity contribution in [1.29, 1.82) is 0 Å². The highest BCUT2D eigenvalue weighted by Gasteiger charge is 2.61. The Kier molecular flexibility index (Phi) is 12.2. The Morgan fingerprint density at radius 1 is 1.03 bits per heavy atom. The summed E-state index contributed by atoms with van der Waals surface area (Å²) in [6.45, 7) is 12.4. The van der Waals surface area contributed by atoms with E-state index >= 15 is 0 Å². The molecule has 61 heavy (non-hydrogen) atoms. The van der Waals surface area contributed by atoms with Crippen molar-refractivity contribution in [3.8, 4) is 22.2 Å². The molecule has 2 fully saturated rings. The molecule has 4 amide bonds. The third kappa shape index (κ3) is 9.37. The standard InChI is InChI=1S/C44H52N6O9S2/c1-8-26-23-44(26,41(53)49-61(55,56)29-14-10-9-11-15-29)48-38(51)34-21-28(24-50(34)40(52)37(25(2)3)47-42(54)59-43(4,5)6)58-35-22-33(39-46-31-16-12-13-17-36(31)60-39)45-32-20-27(57-7)18-19-30(32)35/h8-11,14-15,18-20,22,25-26,28,34,37H,1,12-13,16-17,21,23-24H2,2-7H3,(H,47,54)(H,48,51)(H,49,53)/t26-,28-,34+,37+,44-/m1/s1. The summed E-state index contributed by atoms with van der Waals surface area (Å²) in [5.41, 5.74) is -0.197. The molecule has 5 atom stereocenters. The van der Waals surface area contributed by atoms with Crippen molar-refractivity contribution in [3.05, 3.63) is 77.8 Å². The van der Waals surface area contributed by atoms with E-state index in [1.807, 2.05) is 18.2 Å². The molecule has 3 N–H and O–H groups in total. The van der Waals surface area contributed by atoms with Crippen LogP contribution in [0.2, 0.25) is 0 Å². The molecule has 15 nitrogen and oxygen atoms in total. The molecule has 2 aromatic carbocycles. The molecule has 324 valence electrons. The van der Waals surface area contributed by atoms with Crippen molar-refractivity contribution in [2.75, 3.05) is 13.7 Å². The molecule has 0 bridgehead atoms. The fourth-order valence-corrected chi connectivity index (χ4v) is 10.0. The number of hydrogen-bond acceptors (Lipinski definition) is 12. The van der Waals surface area contributed by atoms with Crippen molar-refractivity contribution >= 4 is 56.1 Å². The Labute approximate surface area is 359 Å². The van der Waals surface area contributed by atoms with Crippen molar-refractivity contribution < 1.29 is 41.8 Å². The van der Waals surface area contributed by atoms with Crippen LogP contribution in [0.15, 0.2) is 72.1 Å². The van der Waals surface area contributed by atoms with E-state index in [1.165, 1.54) is 40.1 Å². The van der Waals surface area contributed by atoms with Crippen LogP contribution >= 0.6 is 11.3 Å². The number of aryl methyl sites for hydroxylation is 2. The molecule has 4 aromatic rings. The molecule has 1 aliphatic heterocycles. The predicted octanol–water partition coefficient (Wildman–Crippen LogP) is 5.71. The van der Waals surface area contributed by atoms with Gasteiger partial charge in [-0.25, -0.2) is 27.9 Å². The first-order chi connectivity index (χ1) is 28.9. The number of carbonyl (C=O) groups excluding carboxylic acids is 4. The molecule has 3 heterocycles. The zero-order chi connectivity index (χ0) is 43.9. The van der Waals surface area contributed by atoms with E-state index in [1.54, 1.807) is 65.2 Å². The lowest BCUT2D eigenvalue weighted by atomic mass is 10.0. The van der Waals surface area contributed by atoms with E-state index < -0.39 is 75.0 Å². The molecule has 7 rings (SSSR count). The van der Waals surface area contributed by atoms with E-state index in [-0.39, 0.29) is 24.3 Å². The number of hydrogen-bond donors (Lipinski definition) is 3. The minimum Gasteiger partial charge on any atom is -0.497 e. The Hall–Kier alpha value is -5.55. The maximum atomic E-state index is 14.6. The fraction of sp³-hybridized carbons (Fsp3) is 0.455. The number of likely N-dealkylation sites (tertiary alicyclic amines) is 1. The van der Waals surface area contributed by atoms with Crippen LogP contribution < -0.4 is 24.8 Å². The second-order valence-corrected chi connectivity index (χ2v) is 19.9. The largest absolute Gasteiger partial charge is 0.497 e. The molecule has 1 saturated carbocycles. The molecule has 0 radical (unpaired) electrons. The fourth-order valence-electron chi connectivity index (χ4n) is 7.86. The quantitative estimate of drug-likeness (QED) is 0.139. The van der Waals surface area contributed by atoms with E-state index in [0.29, 0.717) is 28.1 Å². The number of nitrogens with one attached hydrogen (secondary N) is 3. The van der Waals surface area contributed by atoms with Gasteiger partial charge in [0, 0.05) is 34.7 Å². The summed E-state index contributed by atoms with van der Waals surface area (Å²) >= 11 is 1.61. The molecule has 3 aliphatic rings. The summed E-state index contributed by atoms with van der Waals surface area (Å²) in [7, 11) is -2.72. The van der Waals surface area contributed by atoms with Crippen LogP contribution in [0, 0.1) is 11.8 Å². The van der Waals surface area contributed by atoms with Crippen LogP contribution in [0.3, 0.4) is 0 Å². The van der Waals surface area contributed by atoms with Crippen LogP contribution in [0.1, 0.15) is 70.9 Å². The summed E-state index contributed by atoms with van der Waals surface area (Å²) in [4.78, 5) is 68.4. The normalized spacial score (nSPS) is 21.6. The van der Waals surface area contributed by atoms with Crippen LogP contribution in [0.25, 0.3) is 21.6 Å². The smallest absolute Gasteiger partial charge is 0.408 e. The lowest BCUT2D eigenvalue weighted by Crippen LogP contribution is -2.59. The summed E-state index contributed by atoms with van der Waals surface area (Å²) < 4.78 is 46.3. The van der Waals surface area contributed by atoms with Gasteiger partial charge in [0.05, 0.1) is 29.8 Å². The number of rotatable bonds is 13. The van der Waals surface area contributed by atoms with Gasteiger partial charge in [-0.2, -0.15) is 0 Å². The first kappa shape index (κ1) is 43.5. The van der Waals surface area contributed by atoms with Crippen LogP contribution in [-0.2, 0) is 42.0 Å². The number of thiazole rings is 1. The summed E-state index contributed by atoms with van der Waals surface area (Å²) in [5, 5.41) is 6.94. The van der Waals surface area contributed by atoms with Gasteiger partial charge in [0.2, 0.25) is 11.8 Å². The van der Waals surface area contributed by atoms with Crippen LogP contribution in [0.5, 0.6) is 11.5 Å². The lowest BCUT2D eigenvalue weighted by Gasteiger charge is -2.31. The third-order valence-electron chi connectivity index (χ3n) is 11.1. The number of carbonyl (C=O) groups is 4. The first-order valence-corrected chi connectivity index (χ1v) is 22.7. The number of alkyl carbamates (subject to hydrolysis) is 1. The van der Waals surface area contributed by atoms with Gasteiger partial charge >= 0.3 is 6.09 Å². The van der Waals surface area contributed by atoms with Crippen molar-refractivity contribution in [3.63, 3.8) is 0 Å². The van der Waals surface area contributed by atoms with E-state index in [4.69, 9.17) is 24.2 Å². The second-order valence-electron chi connectivity index (χ2n) is 17.1. The molecule has 17 heteroatoms. The average molecular weight is 873 g/mol. The Morgan fingerprint density at radius 3 is 2.43 bits per heavy atom. The summed E-state index contributed by atoms with van der Waals surface area (Å²) in [6, 6.07) is 12.4. The second kappa shape index (κ2) is 17.1. The average Bonchev–Trinajstić information content (AvgIpc) is 3.51. The molecule has 2 aromatic heterocycles. The van der Waals surface area contributed by atoms with Crippen molar-refractivity contribution in [1.82, 2.24) is 30.2 Å². The zero-order valence-corrected chi connectivity index (χ0v) is 36.8. The highest BCUT2D eigenvalue weighted by atomic mass is 32.2. The number of pyridine rings is 1. The van der Waals surface area contributed by atoms with Gasteiger partial charge in [-0.3, -0.25) is 14.4 Å².